The monoisotopic (exact) mass is 437 g/mol. The molecule has 1 amide bonds. The molecule has 1 aliphatic rings. The van der Waals surface area contributed by atoms with E-state index >= 15 is 0 Å². The van der Waals surface area contributed by atoms with Crippen molar-refractivity contribution in [2.24, 2.45) is 0 Å². The summed E-state index contributed by atoms with van der Waals surface area (Å²) in [6.07, 6.45) is 5.82. The third-order valence-electron chi connectivity index (χ3n) is 5.32. The van der Waals surface area contributed by atoms with Crippen LogP contribution in [0.4, 0.5) is 4.39 Å². The zero-order chi connectivity index (χ0) is 22.5. The van der Waals surface area contributed by atoms with Crippen LogP contribution in [0.2, 0.25) is 0 Å². The van der Waals surface area contributed by atoms with Gasteiger partial charge in [0.05, 0.1) is 32.7 Å². The fourth-order valence-electron chi connectivity index (χ4n) is 3.75. The number of ether oxygens (including phenoxy) is 3. The highest BCUT2D eigenvalue weighted by molar-refractivity contribution is 5.76. The molecule has 0 spiro atoms. The average Bonchev–Trinajstić information content (AvgIpc) is 3.23. The average molecular weight is 437 g/mol. The quantitative estimate of drug-likeness (QED) is 0.582. The molecule has 1 N–H and O–H groups in total. The number of fused-ring (bicyclic) bond motifs is 1. The van der Waals surface area contributed by atoms with Gasteiger partial charge in [-0.3, -0.25) is 14.8 Å². The van der Waals surface area contributed by atoms with Crippen LogP contribution in [0.15, 0.2) is 48.9 Å². The van der Waals surface area contributed by atoms with Gasteiger partial charge in [0.1, 0.15) is 17.7 Å². The van der Waals surface area contributed by atoms with Gasteiger partial charge in [0, 0.05) is 36.4 Å². The zero-order valence-electron chi connectivity index (χ0n) is 17.9. The summed E-state index contributed by atoms with van der Waals surface area (Å²) in [5.74, 6) is 1.44. The fourth-order valence-corrected chi connectivity index (χ4v) is 3.75. The minimum absolute atomic E-state index is 0.0836. The number of benzene rings is 2. The number of hydrogen-bond donors (Lipinski definition) is 1. The fraction of sp³-hybridized carbons (Fsp3) is 0.292. The van der Waals surface area contributed by atoms with Gasteiger partial charge in [-0.05, 0) is 36.2 Å². The molecule has 7 nitrogen and oxygen atoms in total. The number of nitrogens with zero attached hydrogens (tertiary/aromatic N) is 2. The molecule has 0 aliphatic carbocycles. The summed E-state index contributed by atoms with van der Waals surface area (Å²) in [6.45, 7) is 0.334. The van der Waals surface area contributed by atoms with Crippen molar-refractivity contribution in [2.45, 2.75) is 25.4 Å². The Morgan fingerprint density at radius 3 is 2.78 bits per heavy atom. The molecule has 3 aromatic rings. The third kappa shape index (κ3) is 4.80. The van der Waals surface area contributed by atoms with E-state index in [4.69, 9.17) is 14.2 Å². The van der Waals surface area contributed by atoms with Gasteiger partial charge in [0.25, 0.3) is 0 Å². The molecule has 0 saturated carbocycles. The standard InChI is InChI=1S/C24H24FN3O4/c1-30-21-5-3-15(9-22(21)31-2)4-6-23(29)28-13-18-11-16-10-17(25)12-19(24(16)32-18)20-14-26-7-8-27-20/h3,5,7-10,12,14,18H,4,6,11,13H2,1-2H3,(H,28,29). The zero-order valence-corrected chi connectivity index (χ0v) is 17.9. The Kier molecular flexibility index (Phi) is 6.49. The van der Waals surface area contributed by atoms with E-state index in [2.05, 4.69) is 15.3 Å². The molecule has 1 aromatic heterocycles. The molecule has 8 heteroatoms. The van der Waals surface area contributed by atoms with Gasteiger partial charge in [-0.2, -0.15) is 0 Å². The lowest BCUT2D eigenvalue weighted by atomic mass is 10.0. The Hall–Kier alpha value is -3.68. The number of aryl methyl sites for hydroxylation is 1. The van der Waals surface area contributed by atoms with Crippen molar-refractivity contribution in [3.63, 3.8) is 0 Å². The molecule has 4 rings (SSSR count). The Bertz CT molecular complexity index is 1110. The number of hydrogen-bond acceptors (Lipinski definition) is 6. The molecule has 1 atom stereocenters. The number of halogens is 1. The maximum absolute atomic E-state index is 14.1. The van der Waals surface area contributed by atoms with Gasteiger partial charge in [-0.1, -0.05) is 6.07 Å². The van der Waals surface area contributed by atoms with E-state index in [1.165, 1.54) is 12.1 Å². The summed E-state index contributed by atoms with van der Waals surface area (Å²) in [5.41, 5.74) is 2.85. The van der Waals surface area contributed by atoms with Crippen molar-refractivity contribution in [3.8, 4) is 28.5 Å². The maximum atomic E-state index is 14.1. The lowest BCUT2D eigenvalue weighted by Crippen LogP contribution is -2.34. The Balaban J connectivity index is 1.33. The predicted molar refractivity (Wildman–Crippen MR) is 116 cm³/mol. The third-order valence-corrected chi connectivity index (χ3v) is 5.32. The number of nitrogens with one attached hydrogen (secondary N) is 1. The number of methoxy groups -OCH3 is 2. The molecule has 1 aliphatic heterocycles. The number of carbonyl (C=O) groups excluding carboxylic acids is 1. The first-order valence-corrected chi connectivity index (χ1v) is 10.3. The smallest absolute Gasteiger partial charge is 0.220 e. The molecule has 32 heavy (non-hydrogen) atoms. The first-order chi connectivity index (χ1) is 15.6. The Morgan fingerprint density at radius 2 is 2.03 bits per heavy atom. The normalized spacial score (nSPS) is 14.4. The van der Waals surface area contributed by atoms with Crippen LogP contribution in [-0.2, 0) is 17.6 Å². The van der Waals surface area contributed by atoms with Gasteiger partial charge in [0.15, 0.2) is 11.5 Å². The molecule has 2 aromatic carbocycles. The lowest BCUT2D eigenvalue weighted by molar-refractivity contribution is -0.121. The summed E-state index contributed by atoms with van der Waals surface area (Å²) >= 11 is 0. The van der Waals surface area contributed by atoms with Gasteiger partial charge >= 0.3 is 0 Å². The van der Waals surface area contributed by atoms with Crippen LogP contribution < -0.4 is 19.5 Å². The molecule has 166 valence electrons. The number of rotatable bonds is 8. The van der Waals surface area contributed by atoms with Crippen LogP contribution in [0.3, 0.4) is 0 Å². The molecule has 1 unspecified atom stereocenters. The SMILES string of the molecule is COc1ccc(CCC(=O)NCC2Cc3cc(F)cc(-c4cnccn4)c3O2)cc1OC. The van der Waals surface area contributed by atoms with E-state index in [9.17, 15) is 9.18 Å². The number of amides is 1. The molecule has 0 fully saturated rings. The summed E-state index contributed by atoms with van der Waals surface area (Å²) in [4.78, 5) is 20.7. The van der Waals surface area contributed by atoms with Crippen molar-refractivity contribution < 1.29 is 23.4 Å². The van der Waals surface area contributed by atoms with E-state index < -0.39 is 0 Å². The first-order valence-electron chi connectivity index (χ1n) is 10.3. The van der Waals surface area contributed by atoms with Crippen LogP contribution >= 0.6 is 0 Å². The van der Waals surface area contributed by atoms with Crippen LogP contribution in [-0.4, -0.2) is 42.7 Å². The minimum Gasteiger partial charge on any atom is -0.493 e. The van der Waals surface area contributed by atoms with Crippen molar-refractivity contribution in [2.75, 3.05) is 20.8 Å². The Morgan fingerprint density at radius 1 is 1.19 bits per heavy atom. The molecular formula is C24H24FN3O4. The first kappa shape index (κ1) is 21.5. The van der Waals surface area contributed by atoms with E-state index in [1.54, 1.807) is 32.8 Å². The topological polar surface area (TPSA) is 82.6 Å². The van der Waals surface area contributed by atoms with E-state index in [1.807, 2.05) is 18.2 Å². The number of aromatic nitrogens is 2. The second kappa shape index (κ2) is 9.64. The van der Waals surface area contributed by atoms with E-state index in [0.29, 0.717) is 54.3 Å². The minimum atomic E-state index is -0.354. The number of carbonyl (C=O) groups is 1. The van der Waals surface area contributed by atoms with Crippen LogP contribution in [0, 0.1) is 5.82 Å². The van der Waals surface area contributed by atoms with E-state index in [0.717, 1.165) is 11.1 Å². The van der Waals surface area contributed by atoms with Crippen LogP contribution in [0.25, 0.3) is 11.3 Å². The van der Waals surface area contributed by atoms with Crippen molar-refractivity contribution in [3.05, 3.63) is 65.9 Å². The van der Waals surface area contributed by atoms with Crippen molar-refractivity contribution in [1.29, 1.82) is 0 Å². The van der Waals surface area contributed by atoms with Gasteiger partial charge < -0.3 is 19.5 Å². The second-order valence-corrected chi connectivity index (χ2v) is 7.47. The largest absolute Gasteiger partial charge is 0.493 e. The van der Waals surface area contributed by atoms with Gasteiger partial charge in [0.2, 0.25) is 5.91 Å². The lowest BCUT2D eigenvalue weighted by Gasteiger charge is -2.14. The van der Waals surface area contributed by atoms with Crippen LogP contribution in [0.1, 0.15) is 17.5 Å². The molecule has 0 saturated heterocycles. The highest BCUT2D eigenvalue weighted by Gasteiger charge is 2.27. The highest BCUT2D eigenvalue weighted by atomic mass is 19.1. The maximum Gasteiger partial charge on any atom is 0.220 e. The summed E-state index contributed by atoms with van der Waals surface area (Å²) < 4.78 is 30.7. The summed E-state index contributed by atoms with van der Waals surface area (Å²) in [7, 11) is 3.16. The van der Waals surface area contributed by atoms with Crippen LogP contribution in [0.5, 0.6) is 17.2 Å². The van der Waals surface area contributed by atoms with Gasteiger partial charge in [-0.25, -0.2) is 4.39 Å². The van der Waals surface area contributed by atoms with Gasteiger partial charge in [-0.15, -0.1) is 0 Å². The van der Waals surface area contributed by atoms with Crippen molar-refractivity contribution in [1.82, 2.24) is 15.3 Å². The second-order valence-electron chi connectivity index (χ2n) is 7.47. The molecular weight excluding hydrogens is 413 g/mol. The van der Waals surface area contributed by atoms with Crippen molar-refractivity contribution >= 4 is 5.91 Å². The molecule has 2 heterocycles. The van der Waals surface area contributed by atoms with E-state index in [-0.39, 0.29) is 17.8 Å². The molecule has 0 bridgehead atoms. The summed E-state index contributed by atoms with van der Waals surface area (Å²) in [6, 6.07) is 8.46. The highest BCUT2D eigenvalue weighted by Crippen LogP contribution is 2.38. The predicted octanol–water partition coefficient (Wildman–Crippen LogP) is 3.35. The molecule has 0 radical (unpaired) electrons. The summed E-state index contributed by atoms with van der Waals surface area (Å²) in [5, 5.41) is 2.91. The Labute approximate surface area is 185 Å².